The van der Waals surface area contributed by atoms with Crippen LogP contribution in [-0.2, 0) is 6.42 Å². The second kappa shape index (κ2) is 7.86. The van der Waals surface area contributed by atoms with E-state index in [1.54, 1.807) is 12.1 Å². The molecule has 0 saturated carbocycles. The van der Waals surface area contributed by atoms with E-state index in [-0.39, 0.29) is 5.82 Å². The monoisotopic (exact) mass is 285 g/mol. The van der Waals surface area contributed by atoms with Gasteiger partial charge in [-0.25, -0.2) is 4.39 Å². The van der Waals surface area contributed by atoms with Crippen LogP contribution in [0.15, 0.2) is 18.2 Å². The predicted octanol–water partition coefficient (Wildman–Crippen LogP) is 4.54. The minimum atomic E-state index is -0.211. The van der Waals surface area contributed by atoms with E-state index in [0.717, 1.165) is 25.1 Å². The fourth-order valence-corrected chi connectivity index (χ4v) is 2.28. The third-order valence-electron chi connectivity index (χ3n) is 3.39. The minimum absolute atomic E-state index is 0.211. The standard InChI is InChI=1S/C16H25ClFN/c1-11(2)9-19-10-14(12(3)4)7-13-8-15(18)5-6-16(13)17/h5-6,8,11-12,14,19H,7,9-10H2,1-4H3. The van der Waals surface area contributed by atoms with E-state index in [2.05, 4.69) is 33.0 Å². The molecule has 0 radical (unpaired) electrons. The van der Waals surface area contributed by atoms with Gasteiger partial charge < -0.3 is 5.32 Å². The van der Waals surface area contributed by atoms with Crippen molar-refractivity contribution < 1.29 is 4.39 Å². The van der Waals surface area contributed by atoms with Crippen LogP contribution >= 0.6 is 11.6 Å². The number of nitrogens with one attached hydrogen (secondary N) is 1. The maximum absolute atomic E-state index is 13.3. The summed E-state index contributed by atoms with van der Waals surface area (Å²) in [4.78, 5) is 0. The topological polar surface area (TPSA) is 12.0 Å². The van der Waals surface area contributed by atoms with Gasteiger partial charge >= 0.3 is 0 Å². The van der Waals surface area contributed by atoms with E-state index >= 15 is 0 Å². The zero-order valence-electron chi connectivity index (χ0n) is 12.3. The molecule has 19 heavy (non-hydrogen) atoms. The van der Waals surface area contributed by atoms with Crippen molar-refractivity contribution in [3.05, 3.63) is 34.6 Å². The smallest absolute Gasteiger partial charge is 0.123 e. The number of hydrogen-bond donors (Lipinski definition) is 1. The summed E-state index contributed by atoms with van der Waals surface area (Å²) in [6, 6.07) is 4.61. The van der Waals surface area contributed by atoms with Crippen LogP contribution in [0, 0.1) is 23.6 Å². The highest BCUT2D eigenvalue weighted by Crippen LogP contribution is 2.23. The van der Waals surface area contributed by atoms with Crippen molar-refractivity contribution in [1.82, 2.24) is 5.32 Å². The van der Waals surface area contributed by atoms with Crippen molar-refractivity contribution in [2.75, 3.05) is 13.1 Å². The van der Waals surface area contributed by atoms with Crippen molar-refractivity contribution in [2.24, 2.45) is 17.8 Å². The van der Waals surface area contributed by atoms with Gasteiger partial charge in [-0.05, 0) is 61.0 Å². The molecular weight excluding hydrogens is 261 g/mol. The van der Waals surface area contributed by atoms with Gasteiger partial charge in [0.05, 0.1) is 0 Å². The summed E-state index contributed by atoms with van der Waals surface area (Å²) in [6.07, 6.45) is 0.819. The maximum Gasteiger partial charge on any atom is 0.123 e. The molecule has 1 atom stereocenters. The first-order valence-electron chi connectivity index (χ1n) is 7.04. The lowest BCUT2D eigenvalue weighted by Crippen LogP contribution is -2.30. The molecule has 1 rings (SSSR count). The molecule has 0 aliphatic heterocycles. The molecule has 3 heteroatoms. The SMILES string of the molecule is CC(C)CNCC(Cc1cc(F)ccc1Cl)C(C)C. The molecule has 108 valence electrons. The fraction of sp³-hybridized carbons (Fsp3) is 0.625. The third-order valence-corrected chi connectivity index (χ3v) is 3.76. The molecule has 1 aromatic rings. The number of halogens is 2. The molecule has 0 aliphatic rings. The quantitative estimate of drug-likeness (QED) is 0.775. The summed E-state index contributed by atoms with van der Waals surface area (Å²) in [5.74, 6) is 1.44. The molecule has 0 aliphatic carbocycles. The Morgan fingerprint density at radius 2 is 1.84 bits per heavy atom. The second-order valence-electron chi connectivity index (χ2n) is 6.00. The van der Waals surface area contributed by atoms with E-state index in [9.17, 15) is 4.39 Å². The Kier molecular flexibility index (Phi) is 6.81. The lowest BCUT2D eigenvalue weighted by Gasteiger charge is -2.22. The maximum atomic E-state index is 13.3. The molecular formula is C16H25ClFN. The Bertz CT molecular complexity index is 390. The van der Waals surface area contributed by atoms with Crippen LogP contribution in [0.2, 0.25) is 5.02 Å². The fourth-order valence-electron chi connectivity index (χ4n) is 2.08. The van der Waals surface area contributed by atoms with Gasteiger partial charge in [-0.1, -0.05) is 39.3 Å². The van der Waals surface area contributed by atoms with Gasteiger partial charge in [0.2, 0.25) is 0 Å². The van der Waals surface area contributed by atoms with E-state index in [1.165, 1.54) is 6.07 Å². The lowest BCUT2D eigenvalue weighted by atomic mass is 9.89. The van der Waals surface area contributed by atoms with Crippen LogP contribution in [0.4, 0.5) is 4.39 Å². The predicted molar refractivity (Wildman–Crippen MR) is 81.1 cm³/mol. The molecule has 0 saturated heterocycles. The Morgan fingerprint density at radius 1 is 1.16 bits per heavy atom. The summed E-state index contributed by atoms with van der Waals surface area (Å²) in [6.45, 7) is 10.8. The van der Waals surface area contributed by atoms with Crippen molar-refractivity contribution in [1.29, 1.82) is 0 Å². The molecule has 0 fully saturated rings. The summed E-state index contributed by atoms with van der Waals surface area (Å²) in [5, 5.41) is 4.15. The third kappa shape index (κ3) is 5.92. The van der Waals surface area contributed by atoms with Gasteiger partial charge in [-0.15, -0.1) is 0 Å². The average molecular weight is 286 g/mol. The van der Waals surface area contributed by atoms with Crippen LogP contribution in [-0.4, -0.2) is 13.1 Å². The summed E-state index contributed by atoms with van der Waals surface area (Å²) in [5.41, 5.74) is 0.909. The highest BCUT2D eigenvalue weighted by Gasteiger charge is 2.16. The molecule has 0 heterocycles. The van der Waals surface area contributed by atoms with Gasteiger partial charge in [0.15, 0.2) is 0 Å². The van der Waals surface area contributed by atoms with Crippen molar-refractivity contribution in [2.45, 2.75) is 34.1 Å². The van der Waals surface area contributed by atoms with E-state index < -0.39 is 0 Å². The van der Waals surface area contributed by atoms with Gasteiger partial charge in [0, 0.05) is 5.02 Å². The zero-order valence-corrected chi connectivity index (χ0v) is 13.1. The zero-order chi connectivity index (χ0) is 14.4. The van der Waals surface area contributed by atoms with E-state index in [1.807, 2.05) is 0 Å². The van der Waals surface area contributed by atoms with Crippen LogP contribution in [0.3, 0.4) is 0 Å². The molecule has 0 aromatic heterocycles. The number of benzene rings is 1. The van der Waals surface area contributed by atoms with Crippen LogP contribution in [0.25, 0.3) is 0 Å². The van der Waals surface area contributed by atoms with Crippen LogP contribution in [0.5, 0.6) is 0 Å². The largest absolute Gasteiger partial charge is 0.316 e. The van der Waals surface area contributed by atoms with Gasteiger partial charge in [0.25, 0.3) is 0 Å². The van der Waals surface area contributed by atoms with Gasteiger partial charge in [0.1, 0.15) is 5.82 Å². The Hall–Kier alpha value is -0.600. The molecule has 1 aromatic carbocycles. The summed E-state index contributed by atoms with van der Waals surface area (Å²) >= 11 is 6.14. The van der Waals surface area contributed by atoms with E-state index in [4.69, 9.17) is 11.6 Å². The summed E-state index contributed by atoms with van der Waals surface area (Å²) < 4.78 is 13.3. The first-order chi connectivity index (χ1) is 8.90. The highest BCUT2D eigenvalue weighted by atomic mass is 35.5. The molecule has 0 amide bonds. The van der Waals surface area contributed by atoms with Crippen LogP contribution < -0.4 is 5.32 Å². The van der Waals surface area contributed by atoms with Crippen molar-refractivity contribution >= 4 is 11.6 Å². The molecule has 0 spiro atoms. The highest BCUT2D eigenvalue weighted by molar-refractivity contribution is 6.31. The Morgan fingerprint density at radius 3 is 2.42 bits per heavy atom. The number of hydrogen-bond acceptors (Lipinski definition) is 1. The molecule has 0 bridgehead atoms. The minimum Gasteiger partial charge on any atom is -0.316 e. The normalized spacial score (nSPS) is 13.3. The van der Waals surface area contributed by atoms with E-state index in [0.29, 0.717) is 22.8 Å². The summed E-state index contributed by atoms with van der Waals surface area (Å²) in [7, 11) is 0. The second-order valence-corrected chi connectivity index (χ2v) is 6.40. The first-order valence-corrected chi connectivity index (χ1v) is 7.42. The molecule has 1 unspecified atom stereocenters. The first kappa shape index (κ1) is 16.5. The molecule has 1 nitrogen and oxygen atoms in total. The lowest BCUT2D eigenvalue weighted by molar-refractivity contribution is 0.352. The van der Waals surface area contributed by atoms with Crippen molar-refractivity contribution in [3.8, 4) is 0 Å². The Labute approximate surface area is 121 Å². The Balaban J connectivity index is 2.64. The number of rotatable bonds is 7. The van der Waals surface area contributed by atoms with Gasteiger partial charge in [-0.2, -0.15) is 0 Å². The van der Waals surface area contributed by atoms with Crippen LogP contribution in [0.1, 0.15) is 33.3 Å². The van der Waals surface area contributed by atoms with Crippen molar-refractivity contribution in [3.63, 3.8) is 0 Å². The van der Waals surface area contributed by atoms with Gasteiger partial charge in [-0.3, -0.25) is 0 Å². The molecule has 1 N–H and O–H groups in total. The average Bonchev–Trinajstić information content (AvgIpc) is 2.31.